The molecule has 9 heteroatoms. The van der Waals surface area contributed by atoms with Crippen molar-refractivity contribution in [2.45, 2.75) is 24.9 Å². The second kappa shape index (κ2) is 9.86. The highest BCUT2D eigenvalue weighted by atomic mass is 16.5. The number of nitrogens with zero attached hydrogens (tertiary/aromatic N) is 4. The Hall–Kier alpha value is -4.01. The molecule has 2 aromatic heterocycles. The number of piperazine rings is 1. The smallest absolute Gasteiger partial charge is 0.273 e. The number of hydrogen-bond acceptors (Lipinski definition) is 8. The van der Waals surface area contributed by atoms with Gasteiger partial charge in [-0.1, -0.05) is 19.2 Å². The molecular weight excluding hydrogens is 434 g/mol. The van der Waals surface area contributed by atoms with E-state index in [0.717, 1.165) is 18.5 Å². The van der Waals surface area contributed by atoms with Gasteiger partial charge in [-0.25, -0.2) is 9.97 Å². The van der Waals surface area contributed by atoms with Crippen molar-refractivity contribution in [2.75, 3.05) is 37.9 Å². The van der Waals surface area contributed by atoms with E-state index in [2.05, 4.69) is 28.0 Å². The van der Waals surface area contributed by atoms with E-state index in [0.29, 0.717) is 47.6 Å². The van der Waals surface area contributed by atoms with E-state index in [1.807, 2.05) is 4.90 Å². The minimum atomic E-state index is -0.120. The van der Waals surface area contributed by atoms with Crippen LogP contribution in [0.25, 0.3) is 0 Å². The van der Waals surface area contributed by atoms with E-state index >= 15 is 0 Å². The van der Waals surface area contributed by atoms with E-state index < -0.39 is 0 Å². The maximum atomic E-state index is 13.5. The summed E-state index contributed by atoms with van der Waals surface area (Å²) in [6.45, 7) is 8.74. The third-order valence-corrected chi connectivity index (χ3v) is 6.13. The number of pyridine rings is 2. The molecule has 2 aliphatic heterocycles. The lowest BCUT2D eigenvalue weighted by molar-refractivity contribution is 0.0634. The zero-order valence-corrected chi connectivity index (χ0v) is 19.4. The summed E-state index contributed by atoms with van der Waals surface area (Å²) in [7, 11) is 3.14. The second-order valence-electron chi connectivity index (χ2n) is 8.11. The van der Waals surface area contributed by atoms with E-state index in [-0.39, 0.29) is 18.0 Å². The third-order valence-electron chi connectivity index (χ3n) is 6.13. The molecule has 2 atom stereocenters. The highest BCUT2D eigenvalue weighted by Crippen LogP contribution is 2.38. The number of methoxy groups -OCH3 is 2. The van der Waals surface area contributed by atoms with Gasteiger partial charge in [0.25, 0.3) is 5.91 Å². The summed E-state index contributed by atoms with van der Waals surface area (Å²) >= 11 is 0. The minimum absolute atomic E-state index is 0.0557. The number of ether oxygens (including phenoxy) is 3. The van der Waals surface area contributed by atoms with Crippen LogP contribution in [0.15, 0.2) is 61.7 Å². The van der Waals surface area contributed by atoms with Crippen LogP contribution in [0.2, 0.25) is 0 Å². The first-order valence-corrected chi connectivity index (χ1v) is 11.0. The molecule has 0 aromatic carbocycles. The molecule has 2 aliphatic rings. The summed E-state index contributed by atoms with van der Waals surface area (Å²) in [4.78, 5) is 26.3. The van der Waals surface area contributed by atoms with Gasteiger partial charge in [0.2, 0.25) is 0 Å². The van der Waals surface area contributed by atoms with Gasteiger partial charge in [0.1, 0.15) is 23.0 Å². The van der Waals surface area contributed by atoms with Crippen LogP contribution in [0.1, 0.15) is 23.3 Å². The van der Waals surface area contributed by atoms with Gasteiger partial charge in [-0.05, 0) is 25.0 Å². The van der Waals surface area contributed by atoms with Crippen LogP contribution in [0.3, 0.4) is 0 Å². The first kappa shape index (κ1) is 23.2. The number of allylic oxidation sites excluding steroid dienone is 3. The highest BCUT2D eigenvalue weighted by Gasteiger charge is 2.44. The van der Waals surface area contributed by atoms with Gasteiger partial charge in [-0.2, -0.15) is 0 Å². The fourth-order valence-corrected chi connectivity index (χ4v) is 4.57. The zero-order chi connectivity index (χ0) is 24.2. The van der Waals surface area contributed by atoms with Crippen molar-refractivity contribution in [2.24, 2.45) is 0 Å². The molecule has 2 N–H and O–H groups in total. The zero-order valence-electron chi connectivity index (χ0n) is 19.4. The van der Waals surface area contributed by atoms with Crippen LogP contribution in [0, 0.1) is 0 Å². The molecule has 2 fully saturated rings. The Morgan fingerprint density at radius 2 is 1.76 bits per heavy atom. The Morgan fingerprint density at radius 3 is 2.38 bits per heavy atom. The maximum absolute atomic E-state index is 13.5. The summed E-state index contributed by atoms with van der Waals surface area (Å²) in [5.74, 6) is 2.27. The Morgan fingerprint density at radius 1 is 1.06 bits per heavy atom. The number of nitrogens with two attached hydrogens (primary N) is 1. The average molecular weight is 464 g/mol. The SMILES string of the molecule is C=C/C=C(\C=C)Oc1cnc(C(=O)N2C3CCC2CN(c2cnc(N)cc2OC)C3)cc1OC. The normalized spacial score (nSPS) is 19.5. The monoisotopic (exact) mass is 463 g/mol. The van der Waals surface area contributed by atoms with Crippen molar-refractivity contribution in [3.8, 4) is 17.2 Å². The number of aromatic nitrogens is 2. The van der Waals surface area contributed by atoms with Gasteiger partial charge in [-0.3, -0.25) is 4.79 Å². The lowest BCUT2D eigenvalue weighted by Crippen LogP contribution is -2.56. The Labute approximate surface area is 199 Å². The molecule has 4 heterocycles. The molecule has 9 nitrogen and oxygen atoms in total. The van der Waals surface area contributed by atoms with Crippen LogP contribution >= 0.6 is 0 Å². The number of hydrogen-bond donors (Lipinski definition) is 1. The molecule has 2 aromatic rings. The summed E-state index contributed by atoms with van der Waals surface area (Å²) in [6.07, 6.45) is 9.90. The molecule has 2 saturated heterocycles. The summed E-state index contributed by atoms with van der Waals surface area (Å²) < 4.78 is 16.8. The number of rotatable bonds is 8. The predicted molar refractivity (Wildman–Crippen MR) is 130 cm³/mol. The fourth-order valence-electron chi connectivity index (χ4n) is 4.57. The number of anilines is 2. The molecule has 178 valence electrons. The summed E-state index contributed by atoms with van der Waals surface area (Å²) in [5, 5.41) is 0. The predicted octanol–water partition coefficient (Wildman–Crippen LogP) is 3.20. The van der Waals surface area contributed by atoms with Gasteiger partial charge >= 0.3 is 0 Å². The molecule has 0 saturated carbocycles. The molecule has 0 spiro atoms. The van der Waals surface area contributed by atoms with Gasteiger partial charge in [-0.15, -0.1) is 0 Å². The maximum Gasteiger partial charge on any atom is 0.273 e. The minimum Gasteiger partial charge on any atom is -0.494 e. The van der Waals surface area contributed by atoms with E-state index in [1.54, 1.807) is 43.7 Å². The molecule has 2 bridgehead atoms. The van der Waals surface area contributed by atoms with Crippen molar-refractivity contribution in [1.82, 2.24) is 14.9 Å². The average Bonchev–Trinajstić information content (AvgIpc) is 3.12. The summed E-state index contributed by atoms with van der Waals surface area (Å²) in [5.41, 5.74) is 7.00. The molecule has 2 unspecified atom stereocenters. The van der Waals surface area contributed by atoms with Crippen LogP contribution in [-0.2, 0) is 0 Å². The standard InChI is InChI=1S/C25H29N5O4/c1-5-7-18(6-2)34-23-13-27-19(10-22(23)33-4)25(31)30-16-8-9-17(30)15-29(14-16)20-12-28-24(26)11-21(20)32-3/h5-7,10-13,16-17H,1-2,8-9,14-15H2,3-4H3,(H2,26,28)/b18-7+. The number of carbonyl (C=O) groups is 1. The summed E-state index contributed by atoms with van der Waals surface area (Å²) in [6, 6.07) is 3.45. The Balaban J connectivity index is 1.54. The topological polar surface area (TPSA) is 103 Å². The molecule has 0 aliphatic carbocycles. The van der Waals surface area contributed by atoms with Crippen LogP contribution in [-0.4, -0.2) is 60.2 Å². The second-order valence-corrected chi connectivity index (χ2v) is 8.11. The van der Waals surface area contributed by atoms with Crippen molar-refractivity contribution in [1.29, 1.82) is 0 Å². The third kappa shape index (κ3) is 4.41. The van der Waals surface area contributed by atoms with Crippen molar-refractivity contribution in [3.05, 3.63) is 67.4 Å². The highest BCUT2D eigenvalue weighted by molar-refractivity contribution is 5.94. The number of fused-ring (bicyclic) bond motifs is 2. The first-order valence-electron chi connectivity index (χ1n) is 11.0. The molecule has 0 radical (unpaired) electrons. The van der Waals surface area contributed by atoms with Gasteiger partial charge in [0, 0.05) is 25.2 Å². The molecule has 34 heavy (non-hydrogen) atoms. The van der Waals surface area contributed by atoms with Gasteiger partial charge in [0.05, 0.1) is 44.4 Å². The molecular formula is C25H29N5O4. The van der Waals surface area contributed by atoms with Crippen LogP contribution < -0.4 is 24.8 Å². The lowest BCUT2D eigenvalue weighted by Gasteiger charge is -2.42. The molecule has 1 amide bonds. The Bertz CT molecular complexity index is 1120. The largest absolute Gasteiger partial charge is 0.494 e. The fraction of sp³-hybridized carbons (Fsp3) is 0.320. The van der Waals surface area contributed by atoms with Gasteiger partial charge in [0.15, 0.2) is 11.5 Å². The van der Waals surface area contributed by atoms with Crippen molar-refractivity contribution in [3.63, 3.8) is 0 Å². The lowest BCUT2D eigenvalue weighted by atomic mass is 10.1. The van der Waals surface area contributed by atoms with Crippen molar-refractivity contribution >= 4 is 17.4 Å². The number of carbonyl (C=O) groups excluding carboxylic acids is 1. The first-order chi connectivity index (χ1) is 16.5. The van der Waals surface area contributed by atoms with E-state index in [1.165, 1.54) is 13.3 Å². The van der Waals surface area contributed by atoms with Crippen LogP contribution in [0.5, 0.6) is 17.2 Å². The quantitative estimate of drug-likeness (QED) is 0.470. The molecule has 4 rings (SSSR count). The Kier molecular flexibility index (Phi) is 6.72. The van der Waals surface area contributed by atoms with E-state index in [9.17, 15) is 4.79 Å². The van der Waals surface area contributed by atoms with Crippen molar-refractivity contribution < 1.29 is 19.0 Å². The number of amides is 1. The van der Waals surface area contributed by atoms with Crippen LogP contribution in [0.4, 0.5) is 11.5 Å². The number of nitrogen functional groups attached to an aromatic ring is 1. The van der Waals surface area contributed by atoms with E-state index in [4.69, 9.17) is 19.9 Å². The van der Waals surface area contributed by atoms with Gasteiger partial charge < -0.3 is 29.7 Å².